The first kappa shape index (κ1) is 18.4. The lowest BCUT2D eigenvalue weighted by Gasteiger charge is -2.35. The van der Waals surface area contributed by atoms with E-state index in [-0.39, 0.29) is 11.8 Å². The Kier molecular flexibility index (Phi) is 5.50. The Hall–Kier alpha value is -2.96. The van der Waals surface area contributed by atoms with Gasteiger partial charge in [0.05, 0.1) is 0 Å². The van der Waals surface area contributed by atoms with Crippen LogP contribution in [0.1, 0.15) is 40.2 Å². The van der Waals surface area contributed by atoms with Crippen molar-refractivity contribution in [2.75, 3.05) is 44.2 Å². The van der Waals surface area contributed by atoms with Crippen molar-refractivity contribution in [3.05, 3.63) is 54.0 Å². The van der Waals surface area contributed by atoms with Crippen LogP contribution < -0.4 is 4.90 Å². The maximum Gasteiger partial charge on any atom is 0.272 e. The van der Waals surface area contributed by atoms with Crippen molar-refractivity contribution >= 4 is 17.6 Å². The zero-order chi connectivity index (χ0) is 19.3. The lowest BCUT2D eigenvalue weighted by Crippen LogP contribution is -2.49. The van der Waals surface area contributed by atoms with Gasteiger partial charge in [0, 0.05) is 45.5 Å². The lowest BCUT2D eigenvalue weighted by molar-refractivity contribution is 0.0716. The summed E-state index contributed by atoms with van der Waals surface area (Å²) in [5, 5.41) is 0. The Morgan fingerprint density at radius 3 is 1.96 bits per heavy atom. The van der Waals surface area contributed by atoms with E-state index in [2.05, 4.69) is 14.9 Å². The van der Waals surface area contributed by atoms with Crippen LogP contribution in [-0.4, -0.2) is 70.9 Å². The minimum atomic E-state index is -0.117. The van der Waals surface area contributed by atoms with Crippen molar-refractivity contribution in [2.24, 2.45) is 0 Å². The zero-order valence-electron chi connectivity index (χ0n) is 16.0. The SMILES string of the molecule is O=C(c1cccc(C(=O)N2CCN(c3ccccn3)CC2)n1)N1CCCCC1. The van der Waals surface area contributed by atoms with Crippen molar-refractivity contribution in [3.63, 3.8) is 0 Å². The summed E-state index contributed by atoms with van der Waals surface area (Å²) >= 11 is 0. The van der Waals surface area contributed by atoms with Gasteiger partial charge < -0.3 is 14.7 Å². The van der Waals surface area contributed by atoms with Gasteiger partial charge in [-0.2, -0.15) is 0 Å². The third kappa shape index (κ3) is 3.98. The van der Waals surface area contributed by atoms with Gasteiger partial charge >= 0.3 is 0 Å². The van der Waals surface area contributed by atoms with Gasteiger partial charge in [-0.25, -0.2) is 9.97 Å². The molecule has 2 amide bonds. The van der Waals surface area contributed by atoms with E-state index in [9.17, 15) is 9.59 Å². The van der Waals surface area contributed by atoms with Gasteiger partial charge in [0.15, 0.2) is 0 Å². The number of amides is 2. The number of carbonyl (C=O) groups excluding carboxylic acids is 2. The molecule has 7 nitrogen and oxygen atoms in total. The number of piperidine rings is 1. The Morgan fingerprint density at radius 2 is 1.36 bits per heavy atom. The zero-order valence-corrected chi connectivity index (χ0v) is 16.0. The number of rotatable bonds is 3. The Morgan fingerprint density at radius 1 is 0.714 bits per heavy atom. The molecule has 2 saturated heterocycles. The monoisotopic (exact) mass is 379 g/mol. The van der Waals surface area contributed by atoms with Crippen LogP contribution in [0.4, 0.5) is 5.82 Å². The molecule has 28 heavy (non-hydrogen) atoms. The first-order valence-electron chi connectivity index (χ1n) is 9.94. The van der Waals surface area contributed by atoms with Crippen LogP contribution in [0.5, 0.6) is 0 Å². The number of pyridine rings is 2. The van der Waals surface area contributed by atoms with E-state index < -0.39 is 0 Å². The molecule has 0 aromatic carbocycles. The molecule has 0 radical (unpaired) electrons. The fourth-order valence-electron chi connectivity index (χ4n) is 3.77. The summed E-state index contributed by atoms with van der Waals surface area (Å²) < 4.78 is 0. The molecule has 2 aromatic rings. The largest absolute Gasteiger partial charge is 0.353 e. The molecule has 146 valence electrons. The number of hydrogen-bond donors (Lipinski definition) is 0. The fourth-order valence-corrected chi connectivity index (χ4v) is 3.77. The summed E-state index contributed by atoms with van der Waals surface area (Å²) in [6.45, 7) is 4.23. The summed E-state index contributed by atoms with van der Waals surface area (Å²) in [4.78, 5) is 40.2. The predicted molar refractivity (Wildman–Crippen MR) is 106 cm³/mol. The molecule has 7 heteroatoms. The van der Waals surface area contributed by atoms with Gasteiger partial charge in [0.2, 0.25) is 0 Å². The lowest BCUT2D eigenvalue weighted by atomic mass is 10.1. The van der Waals surface area contributed by atoms with Crippen LogP contribution in [-0.2, 0) is 0 Å². The second kappa shape index (κ2) is 8.37. The minimum absolute atomic E-state index is 0.0747. The van der Waals surface area contributed by atoms with Crippen molar-refractivity contribution in [3.8, 4) is 0 Å². The molecule has 4 rings (SSSR count). The first-order valence-corrected chi connectivity index (χ1v) is 9.94. The van der Waals surface area contributed by atoms with Gasteiger partial charge in [-0.3, -0.25) is 9.59 Å². The molecule has 0 unspecified atom stereocenters. The topological polar surface area (TPSA) is 69.6 Å². The molecule has 0 N–H and O–H groups in total. The standard InChI is InChI=1S/C21H25N5O2/c27-20(25-11-4-1-5-12-25)17-7-6-8-18(23-17)21(28)26-15-13-24(14-16-26)19-9-2-3-10-22-19/h2-3,6-10H,1,4-5,11-16H2. The smallest absolute Gasteiger partial charge is 0.272 e. The highest BCUT2D eigenvalue weighted by Gasteiger charge is 2.25. The number of aromatic nitrogens is 2. The van der Waals surface area contributed by atoms with E-state index in [1.807, 2.05) is 23.1 Å². The number of piperazine rings is 1. The van der Waals surface area contributed by atoms with Crippen LogP contribution in [0, 0.1) is 0 Å². The molecule has 2 fully saturated rings. The van der Waals surface area contributed by atoms with E-state index in [1.54, 1.807) is 29.3 Å². The van der Waals surface area contributed by atoms with E-state index in [4.69, 9.17) is 0 Å². The third-order valence-electron chi connectivity index (χ3n) is 5.37. The molecule has 0 aliphatic carbocycles. The molecule has 2 aliphatic heterocycles. The molecule has 0 bridgehead atoms. The van der Waals surface area contributed by atoms with Gasteiger partial charge in [0.25, 0.3) is 11.8 Å². The fraction of sp³-hybridized carbons (Fsp3) is 0.429. The molecular weight excluding hydrogens is 354 g/mol. The molecular formula is C21H25N5O2. The van der Waals surface area contributed by atoms with Crippen LogP contribution >= 0.6 is 0 Å². The van der Waals surface area contributed by atoms with Crippen molar-refractivity contribution < 1.29 is 9.59 Å². The number of hydrogen-bond acceptors (Lipinski definition) is 5. The molecule has 2 aliphatic rings. The van der Waals surface area contributed by atoms with Gasteiger partial charge in [-0.1, -0.05) is 12.1 Å². The van der Waals surface area contributed by atoms with Crippen molar-refractivity contribution in [1.82, 2.24) is 19.8 Å². The van der Waals surface area contributed by atoms with Crippen LogP contribution in [0.25, 0.3) is 0 Å². The van der Waals surface area contributed by atoms with E-state index in [1.165, 1.54) is 6.42 Å². The van der Waals surface area contributed by atoms with E-state index >= 15 is 0 Å². The summed E-state index contributed by atoms with van der Waals surface area (Å²) in [6, 6.07) is 11.0. The van der Waals surface area contributed by atoms with Gasteiger partial charge in [-0.05, 0) is 43.5 Å². The van der Waals surface area contributed by atoms with Crippen molar-refractivity contribution in [2.45, 2.75) is 19.3 Å². The number of carbonyl (C=O) groups is 2. The molecule has 0 saturated carbocycles. The second-order valence-electron chi connectivity index (χ2n) is 7.23. The van der Waals surface area contributed by atoms with E-state index in [0.29, 0.717) is 24.5 Å². The third-order valence-corrected chi connectivity index (χ3v) is 5.37. The maximum absolute atomic E-state index is 12.9. The summed E-state index contributed by atoms with van der Waals surface area (Å²) in [5.74, 6) is 0.741. The minimum Gasteiger partial charge on any atom is -0.353 e. The van der Waals surface area contributed by atoms with Crippen LogP contribution in [0.15, 0.2) is 42.6 Å². The quantitative estimate of drug-likeness (QED) is 0.817. The van der Waals surface area contributed by atoms with E-state index in [0.717, 1.165) is 44.8 Å². The number of likely N-dealkylation sites (tertiary alicyclic amines) is 1. The number of nitrogens with zero attached hydrogens (tertiary/aromatic N) is 5. The van der Waals surface area contributed by atoms with Crippen molar-refractivity contribution in [1.29, 1.82) is 0 Å². The summed E-state index contributed by atoms with van der Waals surface area (Å²) in [7, 11) is 0. The van der Waals surface area contributed by atoms with Gasteiger partial charge in [-0.15, -0.1) is 0 Å². The first-order chi connectivity index (χ1) is 13.7. The highest BCUT2D eigenvalue weighted by Crippen LogP contribution is 2.15. The average Bonchev–Trinajstić information content (AvgIpc) is 2.79. The van der Waals surface area contributed by atoms with Gasteiger partial charge in [0.1, 0.15) is 17.2 Å². The van der Waals surface area contributed by atoms with Crippen LogP contribution in [0.2, 0.25) is 0 Å². The second-order valence-corrected chi connectivity index (χ2v) is 7.23. The predicted octanol–water partition coefficient (Wildman–Crippen LogP) is 2.07. The Labute approximate surface area is 165 Å². The number of anilines is 1. The maximum atomic E-state index is 12.9. The average molecular weight is 379 g/mol. The summed E-state index contributed by atoms with van der Waals surface area (Å²) in [6.07, 6.45) is 5.01. The molecule has 0 atom stereocenters. The highest BCUT2D eigenvalue weighted by atomic mass is 16.2. The molecule has 2 aromatic heterocycles. The highest BCUT2D eigenvalue weighted by molar-refractivity contribution is 5.96. The Balaban J connectivity index is 1.40. The van der Waals surface area contributed by atoms with Crippen LogP contribution in [0.3, 0.4) is 0 Å². The molecule has 0 spiro atoms. The summed E-state index contributed by atoms with van der Waals surface area (Å²) in [5.41, 5.74) is 0.703. The Bertz CT molecular complexity index is 828. The normalized spacial score (nSPS) is 17.5. The molecule has 4 heterocycles.